The van der Waals surface area contributed by atoms with E-state index in [1.807, 2.05) is 0 Å². The van der Waals surface area contributed by atoms with Crippen LogP contribution in [0.1, 0.15) is 5.56 Å². The van der Waals surface area contributed by atoms with Crippen LogP contribution in [0.2, 0.25) is 0 Å². The molecule has 12 heteroatoms. The number of carbonyl (C=O) groups is 1. The Morgan fingerprint density at radius 3 is 1.91 bits per heavy atom. The van der Waals surface area contributed by atoms with E-state index in [2.05, 4.69) is 4.74 Å². The topological polar surface area (TPSA) is 188 Å². The van der Waals surface area contributed by atoms with Crippen LogP contribution >= 0.6 is 0 Å². The van der Waals surface area contributed by atoms with Crippen molar-refractivity contribution in [3.05, 3.63) is 29.3 Å². The third-order valence-corrected chi connectivity index (χ3v) is 2.37. The third-order valence-electron chi connectivity index (χ3n) is 2.37. The lowest BCUT2D eigenvalue weighted by atomic mass is 10.0. The predicted molar refractivity (Wildman–Crippen MR) is 57.3 cm³/mol. The van der Waals surface area contributed by atoms with Gasteiger partial charge in [-0.1, -0.05) is 0 Å². The van der Waals surface area contributed by atoms with E-state index in [9.17, 15) is 23.8 Å². The molecule has 0 heterocycles. The average molecular weight is 328 g/mol. The van der Waals surface area contributed by atoms with Gasteiger partial charge in [-0.3, -0.25) is 0 Å². The van der Waals surface area contributed by atoms with E-state index in [0.29, 0.717) is 0 Å². The highest BCUT2D eigenvalue weighted by Crippen LogP contribution is 2.37. The summed E-state index contributed by atoms with van der Waals surface area (Å²) in [4.78, 5) is 10.5. The third kappa shape index (κ3) is 3.28. The van der Waals surface area contributed by atoms with Crippen LogP contribution in [0.15, 0.2) is 12.1 Å². The summed E-state index contributed by atoms with van der Waals surface area (Å²) in [7, 11) is 0. The molecule has 124 valence electrons. The van der Waals surface area contributed by atoms with Crippen molar-refractivity contribution in [3.63, 3.8) is 0 Å². The van der Waals surface area contributed by atoms with Gasteiger partial charge in [0.05, 0.1) is 5.56 Å². The van der Waals surface area contributed by atoms with E-state index in [0.717, 1.165) is 0 Å². The zero-order chi connectivity index (χ0) is 17.5. The second-order valence-corrected chi connectivity index (χ2v) is 4.08. The minimum Gasteiger partial charge on any atom is -0.474 e. The number of benzene rings is 1. The van der Waals surface area contributed by atoms with E-state index in [1.54, 1.807) is 0 Å². The van der Waals surface area contributed by atoms with Crippen molar-refractivity contribution < 1.29 is 59.2 Å². The fourth-order valence-corrected chi connectivity index (χ4v) is 1.33. The van der Waals surface area contributed by atoms with Crippen LogP contribution in [0.4, 0.5) is 8.78 Å². The first-order valence-corrected chi connectivity index (χ1v) is 5.18. The number of aliphatic hydroxyl groups is 7. The molecule has 22 heavy (non-hydrogen) atoms. The van der Waals surface area contributed by atoms with Crippen LogP contribution in [0.5, 0.6) is 5.75 Å². The first-order chi connectivity index (χ1) is 9.70. The molecule has 0 saturated heterocycles. The highest BCUT2D eigenvalue weighted by Gasteiger charge is 2.53. The van der Waals surface area contributed by atoms with Crippen molar-refractivity contribution >= 4 is 5.97 Å². The Kier molecular flexibility index (Phi) is 4.42. The summed E-state index contributed by atoms with van der Waals surface area (Å²) in [5.74, 6) is -20.2. The van der Waals surface area contributed by atoms with Gasteiger partial charge in [0.25, 0.3) is 5.79 Å². The minimum atomic E-state index is -4.40. The van der Waals surface area contributed by atoms with E-state index >= 15 is 0 Å². The summed E-state index contributed by atoms with van der Waals surface area (Å²) in [6.07, 6.45) is 0. The molecule has 1 aromatic rings. The molecule has 0 spiro atoms. The molecule has 0 atom stereocenters. The van der Waals surface area contributed by atoms with E-state index in [1.165, 1.54) is 0 Å². The summed E-state index contributed by atoms with van der Waals surface area (Å²) in [6, 6.07) is 0.0434. The Bertz CT molecular complexity index is 592. The maximum Gasteiger partial charge on any atom is 0.426 e. The number of halogens is 2. The number of rotatable bonds is 5. The molecule has 10 nitrogen and oxygen atoms in total. The Hall–Kier alpha value is -1.93. The normalized spacial score (nSPS) is 13.1. The summed E-state index contributed by atoms with van der Waals surface area (Å²) in [5, 5.41) is 71.4. The fraction of sp³-hybridized carbons (Fsp3) is 0.300. The molecule has 0 saturated carbocycles. The monoisotopic (exact) mass is 328 g/mol. The second-order valence-electron chi connectivity index (χ2n) is 4.08. The van der Waals surface area contributed by atoms with Gasteiger partial charge in [0, 0.05) is 12.1 Å². The summed E-state index contributed by atoms with van der Waals surface area (Å²) < 4.78 is 30.6. The summed E-state index contributed by atoms with van der Waals surface area (Å²) in [5.41, 5.74) is -1.78. The molecule has 0 unspecified atom stereocenters. The molecule has 0 aliphatic heterocycles. The number of carboxylic acid groups (broad SMARTS) is 1. The van der Waals surface area contributed by atoms with E-state index < -0.39 is 46.7 Å². The van der Waals surface area contributed by atoms with Crippen LogP contribution in [-0.4, -0.2) is 58.8 Å². The van der Waals surface area contributed by atoms with E-state index in [4.69, 9.17) is 30.6 Å². The van der Waals surface area contributed by atoms with Crippen LogP contribution < -0.4 is 4.74 Å². The second kappa shape index (κ2) is 5.36. The molecule has 8 N–H and O–H groups in total. The molecule has 0 fully saturated rings. The van der Waals surface area contributed by atoms with Gasteiger partial charge in [0.2, 0.25) is 0 Å². The molecule has 0 aliphatic carbocycles. The molecule has 1 aromatic carbocycles. The molecule has 0 bridgehead atoms. The maximum absolute atomic E-state index is 13.6. The van der Waals surface area contributed by atoms with Crippen LogP contribution in [-0.2, 0) is 10.6 Å². The highest BCUT2D eigenvalue weighted by atomic mass is 19.1. The van der Waals surface area contributed by atoms with Crippen LogP contribution in [0.25, 0.3) is 0 Å². The quantitative estimate of drug-likeness (QED) is 0.256. The molecule has 0 aromatic heterocycles. The van der Waals surface area contributed by atoms with Crippen molar-refractivity contribution in [2.45, 2.75) is 17.7 Å². The molecule has 0 aliphatic rings. The number of aliphatic carboxylic acids is 1. The Morgan fingerprint density at radius 2 is 1.50 bits per heavy atom. The number of carboxylic acids is 1. The van der Waals surface area contributed by atoms with Crippen LogP contribution in [0.3, 0.4) is 0 Å². The SMILES string of the molecule is O=C(O)C(O)(O)Oc1cc(F)cc(F)c1C(O)(O)C(O)(O)O. The van der Waals surface area contributed by atoms with Gasteiger partial charge >= 0.3 is 17.9 Å². The lowest BCUT2D eigenvalue weighted by molar-refractivity contribution is -0.455. The standard InChI is InChI=1S/C10H10F2O10/c11-3-1-4(12)6(8(15,16)10(19,20)21)5(2-3)22-9(17,18)7(13)14/h1-2,15-21H,(H,13,14). The highest BCUT2D eigenvalue weighted by molar-refractivity contribution is 5.73. The van der Waals surface area contributed by atoms with Crippen molar-refractivity contribution in [1.29, 1.82) is 0 Å². The smallest absolute Gasteiger partial charge is 0.426 e. The molecular weight excluding hydrogens is 318 g/mol. The van der Waals surface area contributed by atoms with Crippen molar-refractivity contribution in [2.75, 3.05) is 0 Å². The lowest BCUT2D eigenvalue weighted by Crippen LogP contribution is -2.53. The van der Waals surface area contributed by atoms with Gasteiger partial charge in [-0.15, -0.1) is 0 Å². The lowest BCUT2D eigenvalue weighted by Gasteiger charge is -2.32. The van der Waals surface area contributed by atoms with Crippen molar-refractivity contribution in [2.24, 2.45) is 0 Å². The Labute approximate surface area is 119 Å². The summed E-state index contributed by atoms with van der Waals surface area (Å²) in [6.45, 7) is 0. The van der Waals surface area contributed by atoms with Gasteiger partial charge in [-0.05, 0) is 0 Å². The van der Waals surface area contributed by atoms with Gasteiger partial charge in [-0.25, -0.2) is 13.6 Å². The summed E-state index contributed by atoms with van der Waals surface area (Å²) >= 11 is 0. The zero-order valence-electron chi connectivity index (χ0n) is 10.3. The number of hydrogen-bond acceptors (Lipinski definition) is 9. The maximum atomic E-state index is 13.6. The minimum absolute atomic E-state index is 0.0215. The van der Waals surface area contributed by atoms with Gasteiger partial charge < -0.3 is 45.6 Å². The largest absolute Gasteiger partial charge is 0.474 e. The first kappa shape index (κ1) is 18.1. The van der Waals surface area contributed by atoms with E-state index in [-0.39, 0.29) is 12.1 Å². The molecule has 0 radical (unpaired) electrons. The average Bonchev–Trinajstić information content (AvgIpc) is 2.24. The zero-order valence-corrected chi connectivity index (χ0v) is 10.3. The molecular formula is C10H10F2O10. The van der Waals surface area contributed by atoms with Crippen molar-refractivity contribution in [1.82, 2.24) is 0 Å². The Morgan fingerprint density at radius 1 is 1.00 bits per heavy atom. The Balaban J connectivity index is 3.56. The fourth-order valence-electron chi connectivity index (χ4n) is 1.33. The molecule has 0 amide bonds. The van der Waals surface area contributed by atoms with Gasteiger partial charge in [0.15, 0.2) is 0 Å². The molecule has 1 rings (SSSR count). The number of ether oxygens (including phenoxy) is 1. The van der Waals surface area contributed by atoms with Gasteiger partial charge in [0.1, 0.15) is 17.4 Å². The first-order valence-electron chi connectivity index (χ1n) is 5.18. The van der Waals surface area contributed by atoms with Crippen molar-refractivity contribution in [3.8, 4) is 5.75 Å². The number of hydrogen-bond donors (Lipinski definition) is 8. The van der Waals surface area contributed by atoms with Gasteiger partial charge in [-0.2, -0.15) is 0 Å². The predicted octanol–water partition coefficient (Wildman–Crippen LogP) is -3.17. The van der Waals surface area contributed by atoms with Crippen LogP contribution in [0, 0.1) is 11.6 Å².